The first-order chi connectivity index (χ1) is 11.1. The molecule has 0 aliphatic carbocycles. The maximum atomic E-state index is 12.0. The fourth-order valence-corrected chi connectivity index (χ4v) is 2.65. The number of rotatable bonds is 4. The maximum absolute atomic E-state index is 12.0. The summed E-state index contributed by atoms with van der Waals surface area (Å²) in [5.41, 5.74) is 2.89. The molecule has 116 valence electrons. The second-order valence-electron chi connectivity index (χ2n) is 4.52. The highest BCUT2D eigenvalue weighted by Gasteiger charge is 2.12. The Morgan fingerprint density at radius 1 is 1.22 bits per heavy atom. The molecule has 1 aromatic carbocycles. The van der Waals surface area contributed by atoms with E-state index in [0.29, 0.717) is 16.4 Å². The summed E-state index contributed by atoms with van der Waals surface area (Å²) in [6, 6.07) is 8.19. The number of benzene rings is 1. The summed E-state index contributed by atoms with van der Waals surface area (Å²) in [7, 11) is 0. The average molecular weight is 348 g/mol. The highest BCUT2D eigenvalue weighted by atomic mass is 35.5. The van der Waals surface area contributed by atoms with Gasteiger partial charge in [-0.05, 0) is 30.3 Å². The van der Waals surface area contributed by atoms with Gasteiger partial charge in [0.2, 0.25) is 0 Å². The van der Waals surface area contributed by atoms with E-state index >= 15 is 0 Å². The first-order valence-corrected chi connectivity index (χ1v) is 7.79. The number of nitrogens with one attached hydrogen (secondary N) is 1. The highest BCUT2D eigenvalue weighted by Crippen LogP contribution is 2.19. The van der Waals surface area contributed by atoms with E-state index in [1.54, 1.807) is 35.8 Å². The number of hydrogen-bond donors (Lipinski definition) is 1. The molecule has 8 heteroatoms. The van der Waals surface area contributed by atoms with Crippen molar-refractivity contribution in [2.75, 3.05) is 11.9 Å². The number of amides is 1. The second kappa shape index (κ2) is 6.72. The summed E-state index contributed by atoms with van der Waals surface area (Å²) in [4.78, 5) is 31.7. The van der Waals surface area contributed by atoms with Crippen LogP contribution in [-0.2, 0) is 9.53 Å². The molecule has 0 saturated carbocycles. The highest BCUT2D eigenvalue weighted by molar-refractivity contribution is 7.16. The van der Waals surface area contributed by atoms with Crippen molar-refractivity contribution < 1.29 is 14.3 Å². The number of halogens is 1. The van der Waals surface area contributed by atoms with Gasteiger partial charge in [0.05, 0.1) is 26.3 Å². The van der Waals surface area contributed by atoms with Gasteiger partial charge < -0.3 is 10.1 Å². The molecule has 0 bridgehead atoms. The van der Waals surface area contributed by atoms with Crippen LogP contribution in [0.15, 0.2) is 42.0 Å². The van der Waals surface area contributed by atoms with Gasteiger partial charge in [-0.1, -0.05) is 11.6 Å². The number of fused-ring (bicyclic) bond motifs is 1. The van der Waals surface area contributed by atoms with E-state index in [1.165, 1.54) is 17.5 Å². The van der Waals surface area contributed by atoms with Crippen LogP contribution in [0.4, 0.5) is 5.82 Å². The first-order valence-electron chi connectivity index (χ1n) is 6.53. The van der Waals surface area contributed by atoms with Crippen molar-refractivity contribution >= 4 is 50.8 Å². The molecule has 0 spiro atoms. The largest absolute Gasteiger partial charge is 0.452 e. The molecular formula is C15H10ClN3O3S. The molecule has 0 aliphatic heterocycles. The van der Waals surface area contributed by atoms with E-state index < -0.39 is 18.5 Å². The molecule has 2 aromatic heterocycles. The van der Waals surface area contributed by atoms with E-state index in [0.717, 1.165) is 10.2 Å². The van der Waals surface area contributed by atoms with E-state index in [2.05, 4.69) is 15.3 Å². The molecule has 0 fully saturated rings. The van der Waals surface area contributed by atoms with Gasteiger partial charge in [0.25, 0.3) is 5.91 Å². The Kier molecular flexibility index (Phi) is 4.50. The molecule has 0 unspecified atom stereocenters. The number of ether oxygens (including phenoxy) is 1. The number of thiazole rings is 1. The van der Waals surface area contributed by atoms with Crippen LogP contribution in [0, 0.1) is 0 Å². The summed E-state index contributed by atoms with van der Waals surface area (Å²) in [6.07, 6.45) is 1.41. The molecule has 0 atom stereocenters. The van der Waals surface area contributed by atoms with Gasteiger partial charge in [0.1, 0.15) is 5.82 Å². The van der Waals surface area contributed by atoms with E-state index in [9.17, 15) is 9.59 Å². The second-order valence-corrected chi connectivity index (χ2v) is 5.84. The summed E-state index contributed by atoms with van der Waals surface area (Å²) in [6.45, 7) is -0.399. The molecule has 0 aliphatic rings. The van der Waals surface area contributed by atoms with Crippen LogP contribution in [0.5, 0.6) is 0 Å². The molecule has 3 aromatic rings. The fraction of sp³-hybridized carbons (Fsp3) is 0.0667. The lowest BCUT2D eigenvalue weighted by molar-refractivity contribution is -0.119. The minimum Gasteiger partial charge on any atom is -0.452 e. The van der Waals surface area contributed by atoms with Crippen molar-refractivity contribution in [2.45, 2.75) is 0 Å². The zero-order valence-corrected chi connectivity index (χ0v) is 13.2. The molecule has 6 nitrogen and oxygen atoms in total. The SMILES string of the molecule is O=C(COC(=O)c1ccc2ncsc2c1)Nc1ccc(Cl)cn1. The van der Waals surface area contributed by atoms with Crippen LogP contribution in [-0.4, -0.2) is 28.5 Å². The van der Waals surface area contributed by atoms with Crippen molar-refractivity contribution in [3.63, 3.8) is 0 Å². The van der Waals surface area contributed by atoms with Gasteiger partial charge >= 0.3 is 5.97 Å². The van der Waals surface area contributed by atoms with Crippen molar-refractivity contribution in [1.29, 1.82) is 0 Å². The number of carbonyl (C=O) groups excluding carboxylic acids is 2. The average Bonchev–Trinajstić information content (AvgIpc) is 3.02. The number of pyridine rings is 1. The van der Waals surface area contributed by atoms with E-state index in [4.69, 9.17) is 16.3 Å². The topological polar surface area (TPSA) is 81.2 Å². The summed E-state index contributed by atoms with van der Waals surface area (Å²) < 4.78 is 5.87. The lowest BCUT2D eigenvalue weighted by atomic mass is 10.2. The van der Waals surface area contributed by atoms with Gasteiger partial charge in [-0.25, -0.2) is 14.8 Å². The minimum atomic E-state index is -0.570. The van der Waals surface area contributed by atoms with Crippen LogP contribution in [0.2, 0.25) is 5.02 Å². The van der Waals surface area contributed by atoms with Crippen LogP contribution in [0.1, 0.15) is 10.4 Å². The normalized spacial score (nSPS) is 10.5. The Morgan fingerprint density at radius 2 is 2.09 bits per heavy atom. The summed E-state index contributed by atoms with van der Waals surface area (Å²) in [5, 5.41) is 2.97. The van der Waals surface area contributed by atoms with Gasteiger partial charge in [-0.15, -0.1) is 11.3 Å². The van der Waals surface area contributed by atoms with Gasteiger partial charge in [0.15, 0.2) is 6.61 Å². The van der Waals surface area contributed by atoms with Gasteiger partial charge in [0, 0.05) is 6.20 Å². The Bertz CT molecular complexity index is 864. The smallest absolute Gasteiger partial charge is 0.338 e. The zero-order valence-electron chi connectivity index (χ0n) is 11.7. The number of hydrogen-bond acceptors (Lipinski definition) is 6. The van der Waals surface area contributed by atoms with Crippen molar-refractivity contribution in [3.05, 3.63) is 52.6 Å². The number of esters is 1. The molecule has 0 saturated heterocycles. The fourth-order valence-electron chi connectivity index (χ4n) is 1.83. The predicted molar refractivity (Wildman–Crippen MR) is 87.8 cm³/mol. The lowest BCUT2D eigenvalue weighted by Gasteiger charge is -2.06. The Morgan fingerprint density at radius 3 is 2.87 bits per heavy atom. The molecule has 1 amide bonds. The number of aromatic nitrogens is 2. The Hall–Kier alpha value is -2.51. The molecule has 3 rings (SSSR count). The van der Waals surface area contributed by atoms with Crippen molar-refractivity contribution in [1.82, 2.24) is 9.97 Å². The quantitative estimate of drug-likeness (QED) is 0.733. The molecule has 23 heavy (non-hydrogen) atoms. The van der Waals surface area contributed by atoms with Crippen LogP contribution in [0.3, 0.4) is 0 Å². The number of nitrogens with zero attached hydrogens (tertiary/aromatic N) is 2. The van der Waals surface area contributed by atoms with Crippen molar-refractivity contribution in [3.8, 4) is 0 Å². The Labute approximate surface area is 140 Å². The number of anilines is 1. The van der Waals surface area contributed by atoms with E-state index in [1.807, 2.05) is 0 Å². The molecule has 0 radical (unpaired) electrons. The third-order valence-corrected chi connectivity index (χ3v) is 3.91. The number of carbonyl (C=O) groups is 2. The van der Waals surface area contributed by atoms with Crippen LogP contribution < -0.4 is 5.32 Å². The van der Waals surface area contributed by atoms with Crippen LogP contribution >= 0.6 is 22.9 Å². The molecule has 2 heterocycles. The first kappa shape index (κ1) is 15.4. The molecule has 1 N–H and O–H groups in total. The third-order valence-electron chi connectivity index (χ3n) is 2.90. The van der Waals surface area contributed by atoms with Crippen molar-refractivity contribution in [2.24, 2.45) is 0 Å². The summed E-state index contributed by atoms with van der Waals surface area (Å²) >= 11 is 7.13. The maximum Gasteiger partial charge on any atom is 0.338 e. The zero-order chi connectivity index (χ0) is 16.2. The summed E-state index contributed by atoms with van der Waals surface area (Å²) in [5.74, 6) is -0.715. The molecular weight excluding hydrogens is 338 g/mol. The standard InChI is InChI=1S/C15H10ClN3O3S/c16-10-2-4-13(17-6-10)19-14(20)7-22-15(21)9-1-3-11-12(5-9)23-8-18-11/h1-6,8H,7H2,(H,17,19,20). The minimum absolute atomic E-state index is 0.335. The third kappa shape index (κ3) is 3.82. The van der Waals surface area contributed by atoms with Crippen LogP contribution in [0.25, 0.3) is 10.2 Å². The van der Waals surface area contributed by atoms with E-state index in [-0.39, 0.29) is 0 Å². The monoisotopic (exact) mass is 347 g/mol. The van der Waals surface area contributed by atoms with Gasteiger partial charge in [-0.3, -0.25) is 4.79 Å². The lowest BCUT2D eigenvalue weighted by Crippen LogP contribution is -2.21. The predicted octanol–water partition coefficient (Wildman–Crippen LogP) is 3.14. The van der Waals surface area contributed by atoms with Gasteiger partial charge in [-0.2, -0.15) is 0 Å². The Balaban J connectivity index is 1.57.